The van der Waals surface area contributed by atoms with Crippen LogP contribution in [0, 0.1) is 0 Å². The van der Waals surface area contributed by atoms with Gasteiger partial charge in [-0.2, -0.15) is 5.10 Å². The molecule has 0 heterocycles. The summed E-state index contributed by atoms with van der Waals surface area (Å²) in [5, 5.41) is 4.13. The first-order valence-corrected chi connectivity index (χ1v) is 6.77. The number of benzene rings is 2. The van der Waals surface area contributed by atoms with Gasteiger partial charge in [-0.1, -0.05) is 18.2 Å². The molecule has 2 rings (SSSR count). The largest absolute Gasteiger partial charge is 0.497 e. The Morgan fingerprint density at radius 2 is 1.77 bits per heavy atom. The zero-order valence-electron chi connectivity index (χ0n) is 12.8. The van der Waals surface area contributed by atoms with Crippen molar-refractivity contribution in [3.8, 4) is 11.5 Å². The number of hydrazone groups is 1. The van der Waals surface area contributed by atoms with Crippen molar-refractivity contribution in [3.05, 3.63) is 59.7 Å². The first-order chi connectivity index (χ1) is 10.7. The maximum Gasteiger partial charge on any atom is 0.271 e. The van der Waals surface area contributed by atoms with Gasteiger partial charge < -0.3 is 9.47 Å². The van der Waals surface area contributed by atoms with Gasteiger partial charge in [0.2, 0.25) is 0 Å². The van der Waals surface area contributed by atoms with E-state index in [0.717, 1.165) is 5.56 Å². The molecule has 0 atom stereocenters. The highest BCUT2D eigenvalue weighted by Crippen LogP contribution is 2.25. The van der Waals surface area contributed by atoms with Crippen LogP contribution in [-0.4, -0.2) is 25.8 Å². The second-order valence-electron chi connectivity index (χ2n) is 4.57. The molecular weight excluding hydrogens is 280 g/mol. The van der Waals surface area contributed by atoms with Crippen molar-refractivity contribution in [2.75, 3.05) is 14.2 Å². The van der Waals surface area contributed by atoms with Crippen LogP contribution in [0.25, 0.3) is 0 Å². The summed E-state index contributed by atoms with van der Waals surface area (Å²) in [5.74, 6) is 1.07. The van der Waals surface area contributed by atoms with E-state index in [1.165, 1.54) is 0 Å². The van der Waals surface area contributed by atoms with E-state index < -0.39 is 0 Å². The lowest BCUT2D eigenvalue weighted by Gasteiger charge is -2.10. The quantitative estimate of drug-likeness (QED) is 0.682. The maximum atomic E-state index is 12.0. The molecule has 0 aliphatic heterocycles. The average molecular weight is 298 g/mol. The lowest BCUT2D eigenvalue weighted by atomic mass is 10.1. The molecule has 22 heavy (non-hydrogen) atoms. The first-order valence-electron chi connectivity index (χ1n) is 6.77. The highest BCUT2D eigenvalue weighted by atomic mass is 16.5. The van der Waals surface area contributed by atoms with E-state index in [9.17, 15) is 4.79 Å². The molecule has 5 nitrogen and oxygen atoms in total. The van der Waals surface area contributed by atoms with Gasteiger partial charge in [0.1, 0.15) is 11.5 Å². The third-order valence-electron chi connectivity index (χ3n) is 3.16. The van der Waals surface area contributed by atoms with Crippen LogP contribution in [0.1, 0.15) is 22.8 Å². The Labute approximate surface area is 129 Å². The molecule has 5 heteroatoms. The number of amides is 1. The van der Waals surface area contributed by atoms with E-state index in [4.69, 9.17) is 9.47 Å². The fraction of sp³-hybridized carbons (Fsp3) is 0.176. The first kappa shape index (κ1) is 15.6. The van der Waals surface area contributed by atoms with Crippen molar-refractivity contribution in [1.29, 1.82) is 0 Å². The number of ether oxygens (including phenoxy) is 2. The third kappa shape index (κ3) is 3.63. The van der Waals surface area contributed by atoms with Crippen LogP contribution in [0.2, 0.25) is 0 Å². The maximum absolute atomic E-state index is 12.0. The van der Waals surface area contributed by atoms with Gasteiger partial charge in [-0.25, -0.2) is 5.43 Å². The molecule has 0 saturated heterocycles. The summed E-state index contributed by atoms with van der Waals surface area (Å²) in [6.07, 6.45) is 0. The summed E-state index contributed by atoms with van der Waals surface area (Å²) in [5.41, 5.74) is 4.53. The molecule has 0 bridgehead atoms. The highest BCUT2D eigenvalue weighted by Gasteiger charge is 2.09. The number of carbonyl (C=O) groups is 1. The molecular formula is C17H18N2O3. The van der Waals surface area contributed by atoms with Gasteiger partial charge in [-0.15, -0.1) is 0 Å². The third-order valence-corrected chi connectivity index (χ3v) is 3.16. The van der Waals surface area contributed by atoms with Crippen LogP contribution in [0.5, 0.6) is 11.5 Å². The van der Waals surface area contributed by atoms with E-state index >= 15 is 0 Å². The normalized spacial score (nSPS) is 11.0. The monoisotopic (exact) mass is 298 g/mol. The van der Waals surface area contributed by atoms with Gasteiger partial charge in [0, 0.05) is 17.2 Å². The van der Waals surface area contributed by atoms with Gasteiger partial charge in [-0.3, -0.25) is 4.79 Å². The summed E-state index contributed by atoms with van der Waals surface area (Å²) in [6, 6.07) is 14.3. The van der Waals surface area contributed by atoms with Crippen LogP contribution in [0.3, 0.4) is 0 Å². The summed E-state index contributed by atoms with van der Waals surface area (Å²) in [7, 11) is 3.17. The Morgan fingerprint density at radius 1 is 1.05 bits per heavy atom. The minimum Gasteiger partial charge on any atom is -0.497 e. The van der Waals surface area contributed by atoms with E-state index in [2.05, 4.69) is 10.5 Å². The Kier molecular flexibility index (Phi) is 5.14. The number of methoxy groups -OCH3 is 2. The standard InChI is InChI=1S/C17H18N2O3/c1-12(15-10-9-14(21-2)11-16(15)22-3)18-19-17(20)13-7-5-4-6-8-13/h4-11H,1-3H3,(H,19,20)/b18-12-. The number of rotatable bonds is 5. The zero-order chi connectivity index (χ0) is 15.9. The fourth-order valence-corrected chi connectivity index (χ4v) is 1.95. The van der Waals surface area contributed by atoms with Crippen LogP contribution in [0.4, 0.5) is 0 Å². The summed E-state index contributed by atoms with van der Waals surface area (Å²) < 4.78 is 10.5. The smallest absolute Gasteiger partial charge is 0.271 e. The number of nitrogens with one attached hydrogen (secondary N) is 1. The van der Waals surface area contributed by atoms with Crippen molar-refractivity contribution in [2.24, 2.45) is 5.10 Å². The van der Waals surface area contributed by atoms with Crippen molar-refractivity contribution < 1.29 is 14.3 Å². The van der Waals surface area contributed by atoms with Crippen molar-refractivity contribution in [3.63, 3.8) is 0 Å². The number of hydrogen-bond acceptors (Lipinski definition) is 4. The van der Waals surface area contributed by atoms with Gasteiger partial charge in [0.05, 0.1) is 19.9 Å². The van der Waals surface area contributed by atoms with Gasteiger partial charge in [-0.05, 0) is 31.2 Å². The van der Waals surface area contributed by atoms with Crippen LogP contribution < -0.4 is 14.9 Å². The Morgan fingerprint density at radius 3 is 2.41 bits per heavy atom. The molecule has 2 aromatic carbocycles. The van der Waals surface area contributed by atoms with Crippen LogP contribution in [-0.2, 0) is 0 Å². The molecule has 1 N–H and O–H groups in total. The lowest BCUT2D eigenvalue weighted by Crippen LogP contribution is -2.19. The number of hydrogen-bond donors (Lipinski definition) is 1. The van der Waals surface area contributed by atoms with E-state index in [0.29, 0.717) is 22.8 Å². The second-order valence-corrected chi connectivity index (χ2v) is 4.57. The number of carbonyl (C=O) groups excluding carboxylic acids is 1. The van der Waals surface area contributed by atoms with Gasteiger partial charge >= 0.3 is 0 Å². The van der Waals surface area contributed by atoms with Crippen molar-refractivity contribution in [2.45, 2.75) is 6.92 Å². The summed E-state index contributed by atoms with van der Waals surface area (Å²) in [4.78, 5) is 12.0. The topological polar surface area (TPSA) is 59.9 Å². The molecule has 0 fully saturated rings. The Balaban J connectivity index is 2.17. The van der Waals surface area contributed by atoms with Crippen molar-refractivity contribution in [1.82, 2.24) is 5.43 Å². The summed E-state index contributed by atoms with van der Waals surface area (Å²) in [6.45, 7) is 1.80. The Hall–Kier alpha value is -2.82. The van der Waals surface area contributed by atoms with E-state index in [1.807, 2.05) is 18.2 Å². The number of nitrogens with zero attached hydrogens (tertiary/aromatic N) is 1. The molecule has 1 amide bonds. The van der Waals surface area contributed by atoms with Crippen LogP contribution in [0.15, 0.2) is 53.6 Å². The molecule has 0 saturated carbocycles. The molecule has 114 valence electrons. The van der Waals surface area contributed by atoms with Gasteiger partial charge in [0.15, 0.2) is 0 Å². The summed E-state index contributed by atoms with van der Waals surface area (Å²) >= 11 is 0. The lowest BCUT2D eigenvalue weighted by molar-refractivity contribution is 0.0955. The van der Waals surface area contributed by atoms with E-state index in [-0.39, 0.29) is 5.91 Å². The fourth-order valence-electron chi connectivity index (χ4n) is 1.95. The average Bonchev–Trinajstić information content (AvgIpc) is 2.59. The molecule has 0 aliphatic carbocycles. The predicted octanol–water partition coefficient (Wildman–Crippen LogP) is 2.86. The zero-order valence-corrected chi connectivity index (χ0v) is 12.8. The molecule has 0 aliphatic rings. The molecule has 0 spiro atoms. The minimum atomic E-state index is -0.257. The molecule has 0 radical (unpaired) electrons. The molecule has 2 aromatic rings. The predicted molar refractivity (Wildman–Crippen MR) is 85.7 cm³/mol. The van der Waals surface area contributed by atoms with E-state index in [1.54, 1.807) is 51.5 Å². The molecule has 0 unspecified atom stereocenters. The highest BCUT2D eigenvalue weighted by molar-refractivity contribution is 6.02. The van der Waals surface area contributed by atoms with Crippen molar-refractivity contribution >= 4 is 11.6 Å². The van der Waals surface area contributed by atoms with Crippen LogP contribution >= 0.6 is 0 Å². The van der Waals surface area contributed by atoms with Gasteiger partial charge in [0.25, 0.3) is 5.91 Å². The molecule has 0 aromatic heterocycles. The second kappa shape index (κ2) is 7.26. The minimum absolute atomic E-state index is 0.257. The SMILES string of the molecule is COc1ccc(/C(C)=N\NC(=O)c2ccccc2)c(OC)c1. The Bertz CT molecular complexity index is 682.